The molecule has 1 fully saturated rings. The van der Waals surface area contributed by atoms with Crippen molar-refractivity contribution in [1.29, 1.82) is 0 Å². The molecule has 1 saturated carbocycles. The van der Waals surface area contributed by atoms with Crippen molar-refractivity contribution in [3.63, 3.8) is 0 Å². The van der Waals surface area contributed by atoms with Crippen LogP contribution >= 0.6 is 0 Å². The number of alkyl halides is 2. The molecule has 0 heterocycles. The molecule has 16 heavy (non-hydrogen) atoms. The number of rotatable bonds is 4. The first kappa shape index (κ1) is 11.5. The molecule has 0 unspecified atom stereocenters. The van der Waals surface area contributed by atoms with Crippen LogP contribution in [0.2, 0.25) is 0 Å². The minimum Gasteiger partial charge on any atom is -0.393 e. The van der Waals surface area contributed by atoms with Gasteiger partial charge in [-0.05, 0) is 18.4 Å². The number of hydrogen-bond donors (Lipinski definition) is 2. The number of aliphatic hydroxyl groups excluding tert-OH is 1. The highest BCUT2D eigenvalue weighted by Gasteiger charge is 2.26. The topological polar surface area (TPSA) is 32.3 Å². The Morgan fingerprint density at radius 2 is 1.88 bits per heavy atom. The monoisotopic (exact) mass is 227 g/mol. The molecule has 0 aromatic heterocycles. The first-order valence-corrected chi connectivity index (χ1v) is 5.43. The van der Waals surface area contributed by atoms with E-state index in [0.29, 0.717) is 12.6 Å². The first-order valence-electron chi connectivity index (χ1n) is 5.43. The molecular weight excluding hydrogens is 212 g/mol. The fraction of sp³-hybridized carbons (Fsp3) is 0.500. The van der Waals surface area contributed by atoms with Crippen molar-refractivity contribution < 1.29 is 13.9 Å². The van der Waals surface area contributed by atoms with E-state index < -0.39 is 6.43 Å². The second kappa shape index (κ2) is 4.89. The molecule has 0 spiro atoms. The number of nitrogens with one attached hydrogen (secondary N) is 1. The zero-order valence-electron chi connectivity index (χ0n) is 8.87. The minimum absolute atomic E-state index is 0.0582. The number of benzene rings is 1. The molecule has 0 saturated heterocycles. The number of hydrogen-bond acceptors (Lipinski definition) is 2. The van der Waals surface area contributed by atoms with Crippen molar-refractivity contribution in [3.05, 3.63) is 35.4 Å². The zero-order valence-corrected chi connectivity index (χ0v) is 8.87. The lowest BCUT2D eigenvalue weighted by atomic mass is 9.89. The average Bonchev–Trinajstić information content (AvgIpc) is 2.23. The lowest BCUT2D eigenvalue weighted by Crippen LogP contribution is -2.43. The molecule has 0 aliphatic heterocycles. The van der Waals surface area contributed by atoms with Gasteiger partial charge in [-0.25, -0.2) is 8.78 Å². The third kappa shape index (κ3) is 2.77. The molecule has 1 aromatic carbocycles. The second-order valence-electron chi connectivity index (χ2n) is 4.25. The van der Waals surface area contributed by atoms with Gasteiger partial charge in [0.15, 0.2) is 0 Å². The van der Waals surface area contributed by atoms with E-state index in [2.05, 4.69) is 5.32 Å². The molecule has 2 N–H and O–H groups in total. The van der Waals surface area contributed by atoms with Gasteiger partial charge in [0, 0.05) is 18.2 Å². The minimum atomic E-state index is -2.40. The Morgan fingerprint density at radius 3 is 2.38 bits per heavy atom. The maximum atomic E-state index is 12.3. The Kier molecular flexibility index (Phi) is 3.51. The molecule has 1 aliphatic carbocycles. The Morgan fingerprint density at radius 1 is 1.25 bits per heavy atom. The normalized spacial score (nSPS) is 24.5. The molecule has 4 heteroatoms. The van der Waals surface area contributed by atoms with E-state index in [9.17, 15) is 8.78 Å². The third-order valence-corrected chi connectivity index (χ3v) is 2.94. The summed E-state index contributed by atoms with van der Waals surface area (Å²) in [5, 5.41) is 12.4. The lowest BCUT2D eigenvalue weighted by Gasteiger charge is -2.32. The highest BCUT2D eigenvalue weighted by Crippen LogP contribution is 2.21. The summed E-state index contributed by atoms with van der Waals surface area (Å²) in [6, 6.07) is 6.70. The van der Waals surface area contributed by atoms with Crippen LogP contribution in [0.25, 0.3) is 0 Å². The molecule has 0 atom stereocenters. The lowest BCUT2D eigenvalue weighted by molar-refractivity contribution is 0.0619. The van der Waals surface area contributed by atoms with Crippen molar-refractivity contribution >= 4 is 0 Å². The van der Waals surface area contributed by atoms with Gasteiger partial charge in [0.1, 0.15) is 0 Å². The van der Waals surface area contributed by atoms with Gasteiger partial charge in [-0.15, -0.1) is 0 Å². The smallest absolute Gasteiger partial charge is 0.263 e. The van der Waals surface area contributed by atoms with E-state index in [1.165, 1.54) is 12.1 Å². The summed E-state index contributed by atoms with van der Waals surface area (Å²) in [6.45, 7) is 0.668. The predicted molar refractivity (Wildman–Crippen MR) is 57.3 cm³/mol. The van der Waals surface area contributed by atoms with E-state index in [4.69, 9.17) is 5.11 Å². The number of halogens is 2. The van der Waals surface area contributed by atoms with Crippen molar-refractivity contribution in [2.75, 3.05) is 0 Å². The van der Waals surface area contributed by atoms with Gasteiger partial charge in [-0.3, -0.25) is 0 Å². The van der Waals surface area contributed by atoms with Gasteiger partial charge in [0.05, 0.1) is 6.10 Å². The first-order chi connectivity index (χ1) is 7.65. The maximum Gasteiger partial charge on any atom is 0.263 e. The molecule has 1 aromatic rings. The fourth-order valence-corrected chi connectivity index (χ4v) is 1.80. The summed E-state index contributed by atoms with van der Waals surface area (Å²) in [4.78, 5) is 0. The van der Waals surface area contributed by atoms with Gasteiger partial charge in [-0.1, -0.05) is 24.3 Å². The zero-order chi connectivity index (χ0) is 11.5. The quantitative estimate of drug-likeness (QED) is 0.826. The van der Waals surface area contributed by atoms with Crippen LogP contribution in [0.3, 0.4) is 0 Å². The van der Waals surface area contributed by atoms with Crippen molar-refractivity contribution in [2.45, 2.75) is 38.0 Å². The summed E-state index contributed by atoms with van der Waals surface area (Å²) in [5.41, 5.74) is 1.05. The van der Waals surface area contributed by atoms with Crippen LogP contribution in [0.15, 0.2) is 24.3 Å². The van der Waals surface area contributed by atoms with Crippen LogP contribution < -0.4 is 5.32 Å². The molecule has 0 amide bonds. The molecule has 88 valence electrons. The van der Waals surface area contributed by atoms with Gasteiger partial charge in [0.25, 0.3) is 6.43 Å². The van der Waals surface area contributed by atoms with Crippen LogP contribution in [0.1, 0.15) is 30.4 Å². The van der Waals surface area contributed by atoms with Crippen molar-refractivity contribution in [1.82, 2.24) is 5.32 Å². The van der Waals surface area contributed by atoms with E-state index in [-0.39, 0.29) is 11.7 Å². The Hall–Kier alpha value is -1.00. The molecule has 0 bridgehead atoms. The maximum absolute atomic E-state index is 12.3. The molecule has 0 radical (unpaired) electrons. The molecule has 2 rings (SSSR count). The molecule has 1 aliphatic rings. The SMILES string of the molecule is OC1CC(NCc2ccc(C(F)F)cc2)C1. The Bertz CT molecular complexity index is 333. The van der Waals surface area contributed by atoms with Crippen LogP contribution in [0.5, 0.6) is 0 Å². The second-order valence-corrected chi connectivity index (χ2v) is 4.25. The van der Waals surface area contributed by atoms with Gasteiger partial charge in [-0.2, -0.15) is 0 Å². The van der Waals surface area contributed by atoms with Crippen LogP contribution in [-0.4, -0.2) is 17.3 Å². The third-order valence-electron chi connectivity index (χ3n) is 2.94. The van der Waals surface area contributed by atoms with Crippen LogP contribution in [-0.2, 0) is 6.54 Å². The summed E-state index contributed by atoms with van der Waals surface area (Å²) in [5.74, 6) is 0. The summed E-state index contributed by atoms with van der Waals surface area (Å²) in [6.07, 6.45) is -0.993. The standard InChI is InChI=1S/C12H15F2NO/c13-12(14)9-3-1-8(2-4-9)7-15-10-5-11(16)6-10/h1-4,10-12,15-16H,5-7H2. The number of aliphatic hydroxyl groups is 1. The van der Waals surface area contributed by atoms with Gasteiger partial charge in [0.2, 0.25) is 0 Å². The van der Waals surface area contributed by atoms with Crippen molar-refractivity contribution in [2.24, 2.45) is 0 Å². The van der Waals surface area contributed by atoms with Crippen LogP contribution in [0, 0.1) is 0 Å². The summed E-state index contributed by atoms with van der Waals surface area (Å²) in [7, 11) is 0. The Balaban J connectivity index is 1.81. The molecular formula is C12H15F2NO. The van der Waals surface area contributed by atoms with E-state index in [0.717, 1.165) is 18.4 Å². The summed E-state index contributed by atoms with van der Waals surface area (Å²) >= 11 is 0. The van der Waals surface area contributed by atoms with E-state index >= 15 is 0 Å². The van der Waals surface area contributed by atoms with E-state index in [1.54, 1.807) is 12.1 Å². The van der Waals surface area contributed by atoms with Gasteiger partial charge < -0.3 is 10.4 Å². The van der Waals surface area contributed by atoms with Crippen molar-refractivity contribution in [3.8, 4) is 0 Å². The Labute approximate surface area is 93.3 Å². The van der Waals surface area contributed by atoms with Crippen LogP contribution in [0.4, 0.5) is 8.78 Å². The fourth-order valence-electron chi connectivity index (χ4n) is 1.80. The molecule has 2 nitrogen and oxygen atoms in total. The van der Waals surface area contributed by atoms with E-state index in [1.807, 2.05) is 0 Å². The van der Waals surface area contributed by atoms with Gasteiger partial charge >= 0.3 is 0 Å². The summed E-state index contributed by atoms with van der Waals surface area (Å²) < 4.78 is 24.6. The highest BCUT2D eigenvalue weighted by atomic mass is 19.3. The largest absolute Gasteiger partial charge is 0.393 e. The highest BCUT2D eigenvalue weighted by molar-refractivity contribution is 5.23. The average molecular weight is 227 g/mol. The predicted octanol–water partition coefficient (Wildman–Crippen LogP) is 2.24.